The van der Waals surface area contributed by atoms with Gasteiger partial charge >= 0.3 is 0 Å². The average molecular weight is 351 g/mol. The first-order chi connectivity index (χ1) is 11.1. The summed E-state index contributed by atoms with van der Waals surface area (Å²) < 4.78 is 18.6. The maximum absolute atomic E-state index is 13.0. The minimum Gasteiger partial charge on any atom is -0.431 e. The molecule has 7 heteroatoms. The van der Waals surface area contributed by atoms with Crippen molar-refractivity contribution >= 4 is 46.1 Å². The molecule has 1 aromatic heterocycles. The van der Waals surface area contributed by atoms with Gasteiger partial charge in [0.1, 0.15) is 11.3 Å². The summed E-state index contributed by atoms with van der Waals surface area (Å²) in [7, 11) is 0. The number of para-hydroxylation sites is 2. The highest BCUT2D eigenvalue weighted by molar-refractivity contribution is 7.99. The maximum Gasteiger partial charge on any atom is 0.256 e. The lowest BCUT2D eigenvalue weighted by Crippen LogP contribution is -2.12. The number of thioether (sulfide) groups is 1. The van der Waals surface area contributed by atoms with Gasteiger partial charge in [0.25, 0.3) is 5.22 Å². The molecule has 23 heavy (non-hydrogen) atoms. The largest absolute Gasteiger partial charge is 0.431 e. The van der Waals surface area contributed by atoms with Crippen LogP contribution in [0.3, 0.4) is 0 Å². The second-order valence-corrected chi connectivity index (χ2v) is 6.18. The van der Waals surface area contributed by atoms with Gasteiger partial charge in [0.2, 0.25) is 5.91 Å². The Morgan fingerprint density at radius 1 is 1.30 bits per heavy atom. The number of hydrogen-bond acceptors (Lipinski definition) is 4. The van der Waals surface area contributed by atoms with Crippen LogP contribution < -0.4 is 5.32 Å². The van der Waals surface area contributed by atoms with E-state index >= 15 is 0 Å². The van der Waals surface area contributed by atoms with Crippen LogP contribution in [0.15, 0.2) is 52.1 Å². The number of benzene rings is 2. The van der Waals surface area contributed by atoms with Crippen molar-refractivity contribution in [2.45, 2.75) is 11.6 Å². The van der Waals surface area contributed by atoms with Gasteiger partial charge in [-0.25, -0.2) is 9.37 Å². The van der Waals surface area contributed by atoms with Crippen LogP contribution in [0.4, 0.5) is 10.1 Å². The molecule has 1 N–H and O–H groups in total. The Labute approximate surface area is 141 Å². The molecule has 0 aliphatic carbocycles. The summed E-state index contributed by atoms with van der Waals surface area (Å²) in [6.45, 7) is 0. The topological polar surface area (TPSA) is 55.1 Å². The van der Waals surface area contributed by atoms with Crippen LogP contribution in [0.1, 0.15) is 6.42 Å². The number of rotatable bonds is 5. The van der Waals surface area contributed by atoms with Crippen LogP contribution in [0.25, 0.3) is 11.1 Å². The molecule has 118 valence electrons. The molecule has 0 bridgehead atoms. The molecule has 0 saturated heterocycles. The van der Waals surface area contributed by atoms with Gasteiger partial charge in [0.15, 0.2) is 5.58 Å². The van der Waals surface area contributed by atoms with E-state index in [0.29, 0.717) is 16.7 Å². The maximum atomic E-state index is 13.0. The minimum atomic E-state index is -0.517. The van der Waals surface area contributed by atoms with Crippen molar-refractivity contribution in [2.24, 2.45) is 0 Å². The minimum absolute atomic E-state index is 0.0244. The van der Waals surface area contributed by atoms with E-state index in [1.165, 1.54) is 30.0 Å². The van der Waals surface area contributed by atoms with Crippen LogP contribution in [0.2, 0.25) is 5.02 Å². The molecular weight excluding hydrogens is 339 g/mol. The fraction of sp³-hybridized carbons (Fsp3) is 0.125. The van der Waals surface area contributed by atoms with Gasteiger partial charge in [0, 0.05) is 17.9 Å². The molecule has 2 aromatic carbocycles. The quantitative estimate of drug-likeness (QED) is 0.675. The second-order valence-electron chi connectivity index (χ2n) is 4.72. The fourth-order valence-electron chi connectivity index (χ4n) is 1.94. The predicted octanol–water partition coefficient (Wildman–Crippen LogP) is 4.74. The number of fused-ring (bicyclic) bond motifs is 1. The summed E-state index contributed by atoms with van der Waals surface area (Å²) in [4.78, 5) is 16.2. The smallest absolute Gasteiger partial charge is 0.256 e. The number of carbonyl (C=O) groups is 1. The number of aromatic nitrogens is 1. The standard InChI is InChI=1S/C16H12ClFN2O2S/c17-11-9-10(5-6-12(11)18)19-15(21)7-8-23-16-20-13-3-1-2-4-14(13)22-16/h1-6,9H,7-8H2,(H,19,21). The summed E-state index contributed by atoms with van der Waals surface area (Å²) in [6, 6.07) is 11.5. The molecule has 0 radical (unpaired) electrons. The third-order valence-electron chi connectivity index (χ3n) is 3.03. The summed E-state index contributed by atoms with van der Waals surface area (Å²) in [5.74, 6) is -0.180. The lowest BCUT2D eigenvalue weighted by Gasteiger charge is -2.05. The molecule has 4 nitrogen and oxygen atoms in total. The van der Waals surface area contributed by atoms with Crippen molar-refractivity contribution in [3.63, 3.8) is 0 Å². The number of halogens is 2. The molecule has 0 aliphatic rings. The highest BCUT2D eigenvalue weighted by atomic mass is 35.5. The summed E-state index contributed by atoms with van der Waals surface area (Å²) >= 11 is 7.04. The normalized spacial score (nSPS) is 10.9. The number of anilines is 1. The van der Waals surface area contributed by atoms with E-state index in [4.69, 9.17) is 16.0 Å². The Balaban J connectivity index is 1.51. The Morgan fingerprint density at radius 2 is 2.13 bits per heavy atom. The first-order valence-electron chi connectivity index (χ1n) is 6.85. The van der Waals surface area contributed by atoms with E-state index in [2.05, 4.69) is 10.3 Å². The zero-order valence-corrected chi connectivity index (χ0v) is 13.5. The van der Waals surface area contributed by atoms with Gasteiger partial charge in [0.05, 0.1) is 5.02 Å². The predicted molar refractivity (Wildman–Crippen MR) is 89.4 cm³/mol. The Morgan fingerprint density at radius 3 is 2.91 bits per heavy atom. The lowest BCUT2D eigenvalue weighted by molar-refractivity contribution is -0.115. The molecule has 1 amide bonds. The first kappa shape index (κ1) is 15.8. The van der Waals surface area contributed by atoms with Gasteiger partial charge in [-0.2, -0.15) is 0 Å². The molecule has 0 fully saturated rings. The molecule has 3 rings (SSSR count). The average Bonchev–Trinajstić information content (AvgIpc) is 2.93. The van der Waals surface area contributed by atoms with Crippen LogP contribution in [-0.4, -0.2) is 16.6 Å². The van der Waals surface area contributed by atoms with Crippen LogP contribution >= 0.6 is 23.4 Å². The number of nitrogens with one attached hydrogen (secondary N) is 1. The van der Waals surface area contributed by atoms with Crippen molar-refractivity contribution in [1.29, 1.82) is 0 Å². The molecular formula is C16H12ClFN2O2S. The van der Waals surface area contributed by atoms with Crippen molar-refractivity contribution in [1.82, 2.24) is 4.98 Å². The molecule has 1 heterocycles. The summed E-state index contributed by atoms with van der Waals surface area (Å²) in [6.07, 6.45) is 0.276. The van der Waals surface area contributed by atoms with E-state index in [0.717, 1.165) is 11.1 Å². The van der Waals surface area contributed by atoms with Crippen molar-refractivity contribution < 1.29 is 13.6 Å². The third kappa shape index (κ3) is 4.03. The Bertz CT molecular complexity index is 820. The lowest BCUT2D eigenvalue weighted by atomic mass is 10.3. The van der Waals surface area contributed by atoms with E-state index in [-0.39, 0.29) is 17.4 Å². The monoisotopic (exact) mass is 350 g/mol. The van der Waals surface area contributed by atoms with E-state index < -0.39 is 5.82 Å². The van der Waals surface area contributed by atoms with E-state index in [9.17, 15) is 9.18 Å². The molecule has 0 saturated carbocycles. The first-order valence-corrected chi connectivity index (χ1v) is 8.21. The molecule has 0 spiro atoms. The summed E-state index contributed by atoms with van der Waals surface area (Å²) in [5, 5.41) is 3.18. The van der Waals surface area contributed by atoms with Gasteiger partial charge in [-0.3, -0.25) is 4.79 Å². The highest BCUT2D eigenvalue weighted by Crippen LogP contribution is 2.24. The van der Waals surface area contributed by atoms with Gasteiger partial charge in [-0.1, -0.05) is 35.5 Å². The SMILES string of the molecule is O=C(CCSc1nc2ccccc2o1)Nc1ccc(F)c(Cl)c1. The van der Waals surface area contributed by atoms with Crippen LogP contribution in [0, 0.1) is 5.82 Å². The fourth-order valence-corrected chi connectivity index (χ4v) is 2.90. The van der Waals surface area contributed by atoms with Gasteiger partial charge in [-0.15, -0.1) is 0 Å². The van der Waals surface area contributed by atoms with Crippen LogP contribution in [0.5, 0.6) is 0 Å². The molecule has 0 unspecified atom stereocenters. The molecule has 3 aromatic rings. The van der Waals surface area contributed by atoms with E-state index in [1.807, 2.05) is 24.3 Å². The van der Waals surface area contributed by atoms with Crippen LogP contribution in [-0.2, 0) is 4.79 Å². The number of nitrogens with zero attached hydrogens (tertiary/aromatic N) is 1. The highest BCUT2D eigenvalue weighted by Gasteiger charge is 2.08. The molecule has 0 aliphatic heterocycles. The number of amides is 1. The third-order valence-corrected chi connectivity index (χ3v) is 4.15. The number of hydrogen-bond donors (Lipinski definition) is 1. The number of oxazole rings is 1. The van der Waals surface area contributed by atoms with Gasteiger partial charge < -0.3 is 9.73 Å². The molecule has 0 atom stereocenters. The van der Waals surface area contributed by atoms with Crippen molar-refractivity contribution in [3.05, 3.63) is 53.3 Å². The zero-order chi connectivity index (χ0) is 16.2. The van der Waals surface area contributed by atoms with E-state index in [1.54, 1.807) is 0 Å². The van der Waals surface area contributed by atoms with Crippen molar-refractivity contribution in [2.75, 3.05) is 11.1 Å². The van der Waals surface area contributed by atoms with Crippen molar-refractivity contribution in [3.8, 4) is 0 Å². The Kier molecular flexibility index (Phi) is 4.83. The second kappa shape index (κ2) is 7.02. The number of carbonyl (C=O) groups excluding carboxylic acids is 1. The van der Waals surface area contributed by atoms with Gasteiger partial charge in [-0.05, 0) is 30.3 Å². The Hall–Kier alpha value is -2.05. The summed E-state index contributed by atoms with van der Waals surface area (Å²) in [5.41, 5.74) is 1.98. The zero-order valence-electron chi connectivity index (χ0n) is 11.9.